The Labute approximate surface area is 121 Å². The van der Waals surface area contributed by atoms with E-state index in [0.717, 1.165) is 12.2 Å². The summed E-state index contributed by atoms with van der Waals surface area (Å²) in [5, 5.41) is 7.76. The summed E-state index contributed by atoms with van der Waals surface area (Å²) in [7, 11) is 0. The number of nitrogens with zero attached hydrogens (tertiary/aromatic N) is 2. The third kappa shape index (κ3) is 2.91. The highest BCUT2D eigenvalue weighted by atomic mass is 35.5. The van der Waals surface area contributed by atoms with Crippen LogP contribution in [0.5, 0.6) is 0 Å². The van der Waals surface area contributed by atoms with Crippen molar-refractivity contribution in [1.29, 1.82) is 0 Å². The largest absolute Gasteiger partial charge is 0.322 e. The van der Waals surface area contributed by atoms with Crippen molar-refractivity contribution in [3.05, 3.63) is 45.7 Å². The van der Waals surface area contributed by atoms with Crippen LogP contribution in [0.15, 0.2) is 24.4 Å². The van der Waals surface area contributed by atoms with Gasteiger partial charge in [-0.25, -0.2) is 0 Å². The lowest BCUT2D eigenvalue weighted by Crippen LogP contribution is -2.13. The van der Waals surface area contributed by atoms with Crippen molar-refractivity contribution in [3.8, 4) is 0 Å². The Bertz CT molecular complexity index is 622. The minimum atomic E-state index is -0.212. The number of nitrogens with one attached hydrogen (secondary N) is 1. The molecule has 0 bridgehead atoms. The fourth-order valence-corrected chi connectivity index (χ4v) is 2.06. The third-order valence-electron chi connectivity index (χ3n) is 2.82. The molecule has 0 aliphatic carbocycles. The lowest BCUT2D eigenvalue weighted by atomic mass is 10.2. The van der Waals surface area contributed by atoms with E-state index in [1.807, 2.05) is 13.8 Å². The first-order chi connectivity index (χ1) is 9.02. The van der Waals surface area contributed by atoms with Crippen LogP contribution >= 0.6 is 23.2 Å². The van der Waals surface area contributed by atoms with Crippen molar-refractivity contribution < 1.29 is 4.79 Å². The first kappa shape index (κ1) is 13.9. The molecule has 0 atom stereocenters. The summed E-state index contributed by atoms with van der Waals surface area (Å²) in [6.45, 7) is 4.56. The second-order valence-corrected chi connectivity index (χ2v) is 4.86. The van der Waals surface area contributed by atoms with E-state index in [-0.39, 0.29) is 5.91 Å². The van der Waals surface area contributed by atoms with Crippen LogP contribution in [0, 0.1) is 6.92 Å². The fourth-order valence-electron chi connectivity index (χ4n) is 1.76. The Hall–Kier alpha value is -1.52. The van der Waals surface area contributed by atoms with Crippen molar-refractivity contribution >= 4 is 34.8 Å². The zero-order chi connectivity index (χ0) is 14.0. The van der Waals surface area contributed by atoms with E-state index < -0.39 is 0 Å². The minimum absolute atomic E-state index is 0.212. The minimum Gasteiger partial charge on any atom is -0.322 e. The molecular formula is C13H13Cl2N3O. The maximum atomic E-state index is 12.1. The van der Waals surface area contributed by atoms with Crippen molar-refractivity contribution in [2.45, 2.75) is 20.4 Å². The second-order valence-electron chi connectivity index (χ2n) is 4.04. The van der Waals surface area contributed by atoms with Crippen LogP contribution in [0.1, 0.15) is 23.0 Å². The SMILES string of the molecule is CCn1ncc(C(=O)Nc2ccc(Cl)c(Cl)c2)c1C. The average molecular weight is 298 g/mol. The molecule has 0 fully saturated rings. The van der Waals surface area contributed by atoms with E-state index in [1.165, 1.54) is 0 Å². The van der Waals surface area contributed by atoms with Crippen molar-refractivity contribution in [1.82, 2.24) is 9.78 Å². The molecule has 1 aromatic carbocycles. The Morgan fingerprint density at radius 3 is 2.68 bits per heavy atom. The summed E-state index contributed by atoms with van der Waals surface area (Å²) in [6.07, 6.45) is 1.56. The van der Waals surface area contributed by atoms with E-state index in [9.17, 15) is 4.79 Å². The van der Waals surface area contributed by atoms with Gasteiger partial charge in [0.1, 0.15) is 0 Å². The molecule has 0 aliphatic rings. The number of aryl methyl sites for hydroxylation is 1. The molecule has 2 rings (SSSR count). The first-order valence-electron chi connectivity index (χ1n) is 5.81. The zero-order valence-electron chi connectivity index (χ0n) is 10.6. The number of hydrogen-bond donors (Lipinski definition) is 1. The van der Waals surface area contributed by atoms with Crippen molar-refractivity contribution in [2.24, 2.45) is 0 Å². The number of benzene rings is 1. The lowest BCUT2D eigenvalue weighted by Gasteiger charge is -2.06. The molecule has 0 saturated carbocycles. The highest BCUT2D eigenvalue weighted by molar-refractivity contribution is 6.42. The van der Waals surface area contributed by atoms with Gasteiger partial charge in [-0.05, 0) is 32.0 Å². The maximum absolute atomic E-state index is 12.1. The summed E-state index contributed by atoms with van der Waals surface area (Å²) >= 11 is 11.7. The topological polar surface area (TPSA) is 46.9 Å². The second kappa shape index (κ2) is 5.63. The van der Waals surface area contributed by atoms with Gasteiger partial charge < -0.3 is 5.32 Å². The molecule has 1 heterocycles. The average Bonchev–Trinajstić information content (AvgIpc) is 2.75. The van der Waals surface area contributed by atoms with Gasteiger partial charge >= 0.3 is 0 Å². The molecule has 0 unspecified atom stereocenters. The van der Waals surface area contributed by atoms with Crippen LogP contribution in [0.3, 0.4) is 0 Å². The number of carbonyl (C=O) groups is 1. The van der Waals surface area contributed by atoms with Crippen molar-refractivity contribution in [3.63, 3.8) is 0 Å². The van der Waals surface area contributed by atoms with Crippen LogP contribution in [-0.2, 0) is 6.54 Å². The van der Waals surface area contributed by atoms with Crippen LogP contribution in [-0.4, -0.2) is 15.7 Å². The van der Waals surface area contributed by atoms with Gasteiger partial charge in [0.2, 0.25) is 0 Å². The lowest BCUT2D eigenvalue weighted by molar-refractivity contribution is 0.102. The molecule has 0 saturated heterocycles. The summed E-state index contributed by atoms with van der Waals surface area (Å²) < 4.78 is 1.77. The summed E-state index contributed by atoms with van der Waals surface area (Å²) in [5.41, 5.74) is 1.98. The Morgan fingerprint density at radius 2 is 2.11 bits per heavy atom. The number of halogens is 2. The van der Waals surface area contributed by atoms with E-state index in [0.29, 0.717) is 21.3 Å². The number of aromatic nitrogens is 2. The Kier molecular flexibility index (Phi) is 4.12. The molecule has 2 aromatic rings. The Balaban J connectivity index is 2.20. The molecular weight excluding hydrogens is 285 g/mol. The molecule has 1 amide bonds. The molecule has 19 heavy (non-hydrogen) atoms. The predicted molar refractivity (Wildman–Crippen MR) is 77.1 cm³/mol. The number of hydrogen-bond acceptors (Lipinski definition) is 2. The van der Waals surface area contributed by atoms with Crippen LogP contribution in [0.25, 0.3) is 0 Å². The number of anilines is 1. The molecule has 1 N–H and O–H groups in total. The molecule has 6 heteroatoms. The quantitative estimate of drug-likeness (QED) is 0.937. The van der Waals surface area contributed by atoms with Crippen LogP contribution in [0.2, 0.25) is 10.0 Å². The van der Waals surface area contributed by atoms with E-state index in [2.05, 4.69) is 10.4 Å². The van der Waals surface area contributed by atoms with Gasteiger partial charge in [0.05, 0.1) is 21.8 Å². The van der Waals surface area contributed by atoms with Gasteiger partial charge in [-0.2, -0.15) is 5.10 Å². The van der Waals surface area contributed by atoms with E-state index >= 15 is 0 Å². The Morgan fingerprint density at radius 1 is 1.37 bits per heavy atom. The maximum Gasteiger partial charge on any atom is 0.259 e. The van der Waals surface area contributed by atoms with Gasteiger partial charge in [-0.1, -0.05) is 23.2 Å². The van der Waals surface area contributed by atoms with E-state index in [1.54, 1.807) is 29.1 Å². The van der Waals surface area contributed by atoms with Crippen LogP contribution < -0.4 is 5.32 Å². The third-order valence-corrected chi connectivity index (χ3v) is 3.56. The smallest absolute Gasteiger partial charge is 0.259 e. The number of carbonyl (C=O) groups excluding carboxylic acids is 1. The molecule has 1 aromatic heterocycles. The molecule has 0 aliphatic heterocycles. The number of rotatable bonds is 3. The summed E-state index contributed by atoms with van der Waals surface area (Å²) in [5.74, 6) is -0.212. The molecule has 4 nitrogen and oxygen atoms in total. The first-order valence-corrected chi connectivity index (χ1v) is 6.57. The highest BCUT2D eigenvalue weighted by Crippen LogP contribution is 2.25. The highest BCUT2D eigenvalue weighted by Gasteiger charge is 2.14. The zero-order valence-corrected chi connectivity index (χ0v) is 12.1. The van der Waals surface area contributed by atoms with E-state index in [4.69, 9.17) is 23.2 Å². The number of amides is 1. The standard InChI is InChI=1S/C13H13Cl2N3O/c1-3-18-8(2)10(7-16-18)13(19)17-9-4-5-11(14)12(15)6-9/h4-7H,3H2,1-2H3,(H,17,19). The normalized spacial score (nSPS) is 10.5. The van der Waals surface area contributed by atoms with Gasteiger partial charge in [0.25, 0.3) is 5.91 Å². The van der Waals surface area contributed by atoms with Gasteiger partial charge in [0.15, 0.2) is 0 Å². The molecule has 100 valence electrons. The van der Waals surface area contributed by atoms with Gasteiger partial charge in [-0.3, -0.25) is 9.48 Å². The monoisotopic (exact) mass is 297 g/mol. The summed E-state index contributed by atoms with van der Waals surface area (Å²) in [4.78, 5) is 12.1. The predicted octanol–water partition coefficient (Wildman–Crippen LogP) is 3.77. The molecule has 0 radical (unpaired) electrons. The summed E-state index contributed by atoms with van der Waals surface area (Å²) in [6, 6.07) is 4.95. The van der Waals surface area contributed by atoms with Gasteiger partial charge in [0, 0.05) is 17.9 Å². The fraction of sp³-hybridized carbons (Fsp3) is 0.231. The van der Waals surface area contributed by atoms with Gasteiger partial charge in [-0.15, -0.1) is 0 Å². The van der Waals surface area contributed by atoms with Crippen molar-refractivity contribution in [2.75, 3.05) is 5.32 Å². The molecule has 0 spiro atoms. The van der Waals surface area contributed by atoms with Crippen LogP contribution in [0.4, 0.5) is 5.69 Å².